The highest BCUT2D eigenvalue weighted by atomic mass is 19.1. The maximum Gasteiger partial charge on any atom is 0.282 e. The number of hydrogen-bond donors (Lipinski definition) is 1. The highest BCUT2D eigenvalue weighted by molar-refractivity contribution is 6.46. The van der Waals surface area contributed by atoms with Crippen LogP contribution in [0.5, 0.6) is 11.5 Å². The molecular weight excluding hydrogens is 423 g/mol. The summed E-state index contributed by atoms with van der Waals surface area (Å²) in [6.45, 7) is 4.79. The van der Waals surface area contributed by atoms with Gasteiger partial charge in [0, 0.05) is 11.8 Å². The van der Waals surface area contributed by atoms with E-state index in [-0.39, 0.29) is 17.0 Å². The number of benzene rings is 3. The maximum atomic E-state index is 14.6. The molecule has 2 aliphatic rings. The zero-order valence-electron chi connectivity index (χ0n) is 18.1. The van der Waals surface area contributed by atoms with Crippen molar-refractivity contribution in [3.05, 3.63) is 88.9 Å². The molecule has 3 aromatic carbocycles. The van der Waals surface area contributed by atoms with Crippen LogP contribution in [0.2, 0.25) is 0 Å². The Bertz CT molecular complexity index is 1330. The van der Waals surface area contributed by atoms with E-state index in [9.17, 15) is 14.0 Å². The van der Waals surface area contributed by atoms with Crippen LogP contribution in [0.25, 0.3) is 5.57 Å². The minimum Gasteiger partial charge on any atom is -0.486 e. The lowest BCUT2D eigenvalue weighted by Crippen LogP contribution is -2.33. The number of fused-ring (bicyclic) bond motifs is 1. The summed E-state index contributed by atoms with van der Waals surface area (Å²) in [5, 5.41) is 3.08. The van der Waals surface area contributed by atoms with Crippen molar-refractivity contribution >= 4 is 28.8 Å². The number of hydrogen-bond acceptors (Lipinski definition) is 5. The molecule has 2 heterocycles. The number of amides is 2. The zero-order chi connectivity index (χ0) is 23.1. The number of ether oxygens (including phenoxy) is 2. The Balaban J connectivity index is 1.62. The fraction of sp³-hybridized carbons (Fsp3) is 0.154. The van der Waals surface area contributed by atoms with Gasteiger partial charge in [-0.05, 0) is 54.8 Å². The van der Waals surface area contributed by atoms with Crippen LogP contribution in [0.4, 0.5) is 15.8 Å². The molecule has 0 radical (unpaired) electrons. The maximum absolute atomic E-state index is 14.6. The van der Waals surface area contributed by atoms with Crippen LogP contribution in [0, 0.1) is 19.7 Å². The van der Waals surface area contributed by atoms with Gasteiger partial charge in [-0.25, -0.2) is 9.29 Å². The number of rotatable bonds is 4. The molecule has 166 valence electrons. The molecule has 0 aliphatic carbocycles. The van der Waals surface area contributed by atoms with Gasteiger partial charge in [0.05, 0.1) is 11.3 Å². The Labute approximate surface area is 190 Å². The lowest BCUT2D eigenvalue weighted by Gasteiger charge is -2.19. The van der Waals surface area contributed by atoms with E-state index in [0.29, 0.717) is 36.0 Å². The number of carbonyl (C=O) groups excluding carboxylic acids is 2. The van der Waals surface area contributed by atoms with Crippen molar-refractivity contribution in [3.63, 3.8) is 0 Å². The van der Waals surface area contributed by atoms with Gasteiger partial charge >= 0.3 is 0 Å². The lowest BCUT2D eigenvalue weighted by molar-refractivity contribution is -0.120. The highest BCUT2D eigenvalue weighted by Gasteiger charge is 2.41. The second-order valence-corrected chi connectivity index (χ2v) is 7.93. The number of carbonyl (C=O) groups is 2. The second-order valence-electron chi connectivity index (χ2n) is 7.93. The molecule has 0 saturated heterocycles. The molecule has 0 atom stereocenters. The van der Waals surface area contributed by atoms with Crippen LogP contribution < -0.4 is 19.7 Å². The molecule has 1 N–H and O–H groups in total. The van der Waals surface area contributed by atoms with Gasteiger partial charge in [0.25, 0.3) is 11.8 Å². The number of nitrogens with zero attached hydrogens (tertiary/aromatic N) is 1. The van der Waals surface area contributed by atoms with Gasteiger partial charge in [0.1, 0.15) is 24.7 Å². The Morgan fingerprint density at radius 2 is 1.61 bits per heavy atom. The number of aryl methyl sites for hydroxylation is 2. The average Bonchev–Trinajstić information content (AvgIpc) is 3.05. The Morgan fingerprint density at radius 1 is 0.848 bits per heavy atom. The molecule has 0 saturated carbocycles. The van der Waals surface area contributed by atoms with E-state index in [2.05, 4.69) is 5.32 Å². The Kier molecular flexibility index (Phi) is 5.09. The molecule has 6 nitrogen and oxygen atoms in total. The van der Waals surface area contributed by atoms with Crippen LogP contribution in [0.1, 0.15) is 16.7 Å². The number of halogens is 1. The summed E-state index contributed by atoms with van der Waals surface area (Å²) in [6.07, 6.45) is 0. The molecule has 0 spiro atoms. The monoisotopic (exact) mass is 444 g/mol. The van der Waals surface area contributed by atoms with Gasteiger partial charge in [-0.15, -0.1) is 0 Å². The molecule has 0 aromatic heterocycles. The predicted molar refractivity (Wildman–Crippen MR) is 123 cm³/mol. The summed E-state index contributed by atoms with van der Waals surface area (Å²) in [4.78, 5) is 27.8. The minimum atomic E-state index is -0.654. The molecule has 2 aliphatic heterocycles. The molecule has 2 amide bonds. The summed E-state index contributed by atoms with van der Waals surface area (Å²) < 4.78 is 25.7. The topological polar surface area (TPSA) is 67.9 Å². The van der Waals surface area contributed by atoms with Crippen molar-refractivity contribution in [1.29, 1.82) is 0 Å². The number of nitrogens with one attached hydrogen (secondary N) is 1. The zero-order valence-corrected chi connectivity index (χ0v) is 18.1. The minimum absolute atomic E-state index is 0.0724. The summed E-state index contributed by atoms with van der Waals surface area (Å²) in [5.74, 6) is -0.722. The normalized spacial score (nSPS) is 15.3. The van der Waals surface area contributed by atoms with Gasteiger partial charge in [0.15, 0.2) is 11.5 Å². The number of para-hydroxylation sites is 1. The van der Waals surface area contributed by atoms with Gasteiger partial charge in [-0.2, -0.15) is 0 Å². The van der Waals surface area contributed by atoms with E-state index in [1.807, 2.05) is 26.0 Å². The first-order chi connectivity index (χ1) is 15.9. The number of anilines is 2. The van der Waals surface area contributed by atoms with Crippen molar-refractivity contribution in [3.8, 4) is 11.5 Å². The lowest BCUT2D eigenvalue weighted by atomic mass is 9.99. The molecule has 0 fully saturated rings. The molecule has 0 unspecified atom stereocenters. The molecular formula is C26H21FN2O4. The summed E-state index contributed by atoms with van der Waals surface area (Å²) >= 11 is 0. The third kappa shape index (κ3) is 3.61. The summed E-state index contributed by atoms with van der Waals surface area (Å²) in [6, 6.07) is 16.5. The summed E-state index contributed by atoms with van der Waals surface area (Å²) in [7, 11) is 0. The van der Waals surface area contributed by atoms with Crippen molar-refractivity contribution in [1.82, 2.24) is 0 Å². The summed E-state index contributed by atoms with van der Waals surface area (Å²) in [5.41, 5.74) is 3.33. The van der Waals surface area contributed by atoms with Crippen LogP contribution in [-0.4, -0.2) is 25.0 Å². The second kappa shape index (κ2) is 8.09. The van der Waals surface area contributed by atoms with E-state index in [0.717, 1.165) is 16.0 Å². The van der Waals surface area contributed by atoms with E-state index < -0.39 is 17.6 Å². The van der Waals surface area contributed by atoms with Crippen molar-refractivity contribution < 1.29 is 23.5 Å². The average molecular weight is 444 g/mol. The van der Waals surface area contributed by atoms with Crippen LogP contribution in [0.3, 0.4) is 0 Å². The first-order valence-electron chi connectivity index (χ1n) is 10.6. The van der Waals surface area contributed by atoms with Crippen molar-refractivity contribution in [2.24, 2.45) is 0 Å². The predicted octanol–water partition coefficient (Wildman–Crippen LogP) is 4.61. The Morgan fingerprint density at radius 3 is 2.36 bits per heavy atom. The first kappa shape index (κ1) is 20.8. The first-order valence-corrected chi connectivity index (χ1v) is 10.6. The van der Waals surface area contributed by atoms with Gasteiger partial charge in [0.2, 0.25) is 0 Å². The SMILES string of the molecule is Cc1ccc(C2=C(Nc3ccc4c(c3)OCCO4)C(=O)N(c3ccccc3F)C2=O)cc1C. The number of imide groups is 1. The van der Waals surface area contributed by atoms with Crippen LogP contribution >= 0.6 is 0 Å². The van der Waals surface area contributed by atoms with Gasteiger partial charge in [-0.3, -0.25) is 9.59 Å². The largest absolute Gasteiger partial charge is 0.486 e. The van der Waals surface area contributed by atoms with Gasteiger partial charge in [-0.1, -0.05) is 30.3 Å². The van der Waals surface area contributed by atoms with Crippen molar-refractivity contribution in [2.45, 2.75) is 13.8 Å². The highest BCUT2D eigenvalue weighted by Crippen LogP contribution is 2.37. The van der Waals surface area contributed by atoms with Crippen molar-refractivity contribution in [2.75, 3.05) is 23.4 Å². The van der Waals surface area contributed by atoms with E-state index >= 15 is 0 Å². The van der Waals surface area contributed by atoms with Crippen LogP contribution in [-0.2, 0) is 9.59 Å². The molecule has 3 aromatic rings. The third-order valence-corrected chi connectivity index (χ3v) is 5.78. The van der Waals surface area contributed by atoms with Crippen LogP contribution in [0.15, 0.2) is 66.4 Å². The third-order valence-electron chi connectivity index (χ3n) is 5.78. The fourth-order valence-corrected chi connectivity index (χ4v) is 3.93. The molecule has 0 bridgehead atoms. The quantitative estimate of drug-likeness (QED) is 0.596. The standard InChI is InChI=1S/C26H21FN2O4/c1-15-7-8-17(13-16(15)2)23-24(28-18-9-10-21-22(14-18)33-12-11-32-21)26(31)29(25(23)30)20-6-4-3-5-19(20)27/h3-10,13-14,28H,11-12H2,1-2H3. The fourth-order valence-electron chi connectivity index (χ4n) is 3.93. The van der Waals surface area contributed by atoms with Gasteiger partial charge < -0.3 is 14.8 Å². The molecule has 7 heteroatoms. The molecule has 5 rings (SSSR count). The Hall–Kier alpha value is -4.13. The van der Waals surface area contributed by atoms with E-state index in [1.165, 1.54) is 18.2 Å². The molecule has 33 heavy (non-hydrogen) atoms. The smallest absolute Gasteiger partial charge is 0.282 e. The van der Waals surface area contributed by atoms with E-state index in [1.54, 1.807) is 30.3 Å². The van der Waals surface area contributed by atoms with E-state index in [4.69, 9.17) is 9.47 Å².